The summed E-state index contributed by atoms with van der Waals surface area (Å²) in [6.45, 7) is 3.24. The fourth-order valence-electron chi connectivity index (χ4n) is 1.95. The number of halogens is 1. The Hall–Kier alpha value is -1.07. The number of hydrogen-bond acceptors (Lipinski definition) is 2. The number of benzene rings is 1. The summed E-state index contributed by atoms with van der Waals surface area (Å²) in [5.41, 5.74) is 1.11. The highest BCUT2D eigenvalue weighted by molar-refractivity contribution is 9.10. The van der Waals surface area contributed by atoms with E-state index < -0.39 is 0 Å². The summed E-state index contributed by atoms with van der Waals surface area (Å²) >= 11 is 3.50. The highest BCUT2D eigenvalue weighted by atomic mass is 79.9. The Labute approximate surface area is 116 Å². The third-order valence-corrected chi connectivity index (χ3v) is 3.75. The van der Waals surface area contributed by atoms with E-state index in [4.69, 9.17) is 4.74 Å². The molecular weight excluding hydrogens is 296 g/mol. The molecule has 1 aromatic rings. The van der Waals surface area contributed by atoms with E-state index in [1.165, 1.54) is 0 Å². The van der Waals surface area contributed by atoms with Crippen LogP contribution in [0.1, 0.15) is 5.56 Å². The predicted octanol–water partition coefficient (Wildman–Crippen LogP) is 2.33. The predicted molar refractivity (Wildman–Crippen MR) is 73.4 cm³/mol. The van der Waals surface area contributed by atoms with Gasteiger partial charge in [-0.3, -0.25) is 0 Å². The molecule has 1 heterocycles. The van der Waals surface area contributed by atoms with Crippen LogP contribution in [0.25, 0.3) is 0 Å². The van der Waals surface area contributed by atoms with Crippen molar-refractivity contribution in [3.05, 3.63) is 34.3 Å². The average molecular weight is 313 g/mol. The lowest BCUT2D eigenvalue weighted by atomic mass is 10.2. The van der Waals surface area contributed by atoms with Crippen molar-refractivity contribution in [2.24, 2.45) is 0 Å². The van der Waals surface area contributed by atoms with Gasteiger partial charge in [-0.2, -0.15) is 0 Å². The average Bonchev–Trinajstić information content (AvgIpc) is 2.41. The van der Waals surface area contributed by atoms with Gasteiger partial charge in [-0.05, 0) is 11.6 Å². The summed E-state index contributed by atoms with van der Waals surface area (Å²) in [7, 11) is 1.83. The molecule has 4 nitrogen and oxygen atoms in total. The van der Waals surface area contributed by atoms with Crippen molar-refractivity contribution in [3.8, 4) is 0 Å². The molecule has 0 N–H and O–H groups in total. The van der Waals surface area contributed by atoms with Crippen LogP contribution in [0.15, 0.2) is 28.7 Å². The van der Waals surface area contributed by atoms with Crippen LogP contribution in [0, 0.1) is 0 Å². The second-order valence-corrected chi connectivity index (χ2v) is 5.18. The number of amides is 2. The van der Waals surface area contributed by atoms with E-state index in [0.29, 0.717) is 32.8 Å². The van der Waals surface area contributed by atoms with E-state index in [1.54, 1.807) is 4.90 Å². The molecule has 0 spiro atoms. The molecule has 0 bridgehead atoms. The van der Waals surface area contributed by atoms with E-state index in [1.807, 2.05) is 36.2 Å². The van der Waals surface area contributed by atoms with Gasteiger partial charge < -0.3 is 14.5 Å². The molecule has 18 heavy (non-hydrogen) atoms. The highest BCUT2D eigenvalue weighted by Gasteiger charge is 2.20. The minimum Gasteiger partial charge on any atom is -0.378 e. The zero-order chi connectivity index (χ0) is 13.0. The maximum Gasteiger partial charge on any atom is 0.320 e. The normalized spacial score (nSPS) is 15.6. The van der Waals surface area contributed by atoms with Crippen molar-refractivity contribution in [2.45, 2.75) is 6.54 Å². The summed E-state index contributed by atoms with van der Waals surface area (Å²) in [6, 6.07) is 8.02. The van der Waals surface area contributed by atoms with Crippen LogP contribution >= 0.6 is 15.9 Å². The van der Waals surface area contributed by atoms with Crippen LogP contribution < -0.4 is 0 Å². The van der Waals surface area contributed by atoms with E-state index in [0.717, 1.165) is 10.0 Å². The first kappa shape index (κ1) is 13.4. The first-order chi connectivity index (χ1) is 8.68. The lowest BCUT2D eigenvalue weighted by Crippen LogP contribution is -2.46. The van der Waals surface area contributed by atoms with E-state index in [-0.39, 0.29) is 6.03 Å². The van der Waals surface area contributed by atoms with Crippen LogP contribution in [0.5, 0.6) is 0 Å². The molecule has 0 aliphatic carbocycles. The SMILES string of the molecule is CN(Cc1ccccc1Br)C(=O)N1CCOCC1. The highest BCUT2D eigenvalue weighted by Crippen LogP contribution is 2.17. The summed E-state index contributed by atoms with van der Waals surface area (Å²) in [5.74, 6) is 0. The number of nitrogens with zero attached hydrogens (tertiary/aromatic N) is 2. The first-order valence-electron chi connectivity index (χ1n) is 5.99. The van der Waals surface area contributed by atoms with Crippen LogP contribution in [-0.2, 0) is 11.3 Å². The molecule has 0 saturated carbocycles. The number of rotatable bonds is 2. The van der Waals surface area contributed by atoms with E-state index in [2.05, 4.69) is 15.9 Å². The van der Waals surface area contributed by atoms with Crippen molar-refractivity contribution < 1.29 is 9.53 Å². The van der Waals surface area contributed by atoms with E-state index >= 15 is 0 Å². The van der Waals surface area contributed by atoms with Crippen molar-refractivity contribution in [3.63, 3.8) is 0 Å². The lowest BCUT2D eigenvalue weighted by Gasteiger charge is -2.31. The first-order valence-corrected chi connectivity index (χ1v) is 6.79. The smallest absolute Gasteiger partial charge is 0.320 e. The van der Waals surface area contributed by atoms with E-state index in [9.17, 15) is 4.79 Å². The van der Waals surface area contributed by atoms with Gasteiger partial charge in [0.1, 0.15) is 0 Å². The van der Waals surface area contributed by atoms with Crippen LogP contribution in [0.2, 0.25) is 0 Å². The fraction of sp³-hybridized carbons (Fsp3) is 0.462. The molecule has 1 fully saturated rings. The quantitative estimate of drug-likeness (QED) is 0.839. The minimum absolute atomic E-state index is 0.0639. The van der Waals surface area contributed by atoms with Crippen molar-refractivity contribution in [2.75, 3.05) is 33.4 Å². The van der Waals surface area contributed by atoms with Gasteiger partial charge in [0.25, 0.3) is 0 Å². The molecule has 1 aliphatic heterocycles. The van der Waals surface area contributed by atoms with Gasteiger partial charge >= 0.3 is 6.03 Å². The Kier molecular flexibility index (Phi) is 4.60. The van der Waals surface area contributed by atoms with Crippen LogP contribution in [-0.4, -0.2) is 49.2 Å². The van der Waals surface area contributed by atoms with Gasteiger partial charge in [-0.15, -0.1) is 0 Å². The maximum atomic E-state index is 12.2. The maximum absolute atomic E-state index is 12.2. The zero-order valence-corrected chi connectivity index (χ0v) is 12.0. The van der Waals surface area contributed by atoms with Crippen molar-refractivity contribution >= 4 is 22.0 Å². The fourth-order valence-corrected chi connectivity index (χ4v) is 2.36. The Bertz CT molecular complexity index is 419. The van der Waals surface area contributed by atoms with Gasteiger partial charge in [-0.25, -0.2) is 4.79 Å². The summed E-state index contributed by atoms with van der Waals surface area (Å²) in [5, 5.41) is 0. The molecule has 5 heteroatoms. The Morgan fingerprint density at radius 2 is 2.06 bits per heavy atom. The van der Waals surface area contributed by atoms with Gasteiger partial charge in [0.05, 0.1) is 13.2 Å². The minimum atomic E-state index is 0.0639. The van der Waals surface area contributed by atoms with Crippen molar-refractivity contribution in [1.82, 2.24) is 9.80 Å². The summed E-state index contributed by atoms with van der Waals surface area (Å²) in [4.78, 5) is 15.8. The second kappa shape index (κ2) is 6.20. The molecular formula is C13H17BrN2O2. The van der Waals surface area contributed by atoms with Gasteiger partial charge in [0, 0.05) is 31.2 Å². The van der Waals surface area contributed by atoms with Gasteiger partial charge in [0.15, 0.2) is 0 Å². The van der Waals surface area contributed by atoms with Crippen molar-refractivity contribution in [1.29, 1.82) is 0 Å². The van der Waals surface area contributed by atoms with Crippen LogP contribution in [0.3, 0.4) is 0 Å². The number of carbonyl (C=O) groups excluding carboxylic acids is 1. The number of morpholine rings is 1. The molecule has 1 saturated heterocycles. The summed E-state index contributed by atoms with van der Waals surface area (Å²) in [6.07, 6.45) is 0. The molecule has 1 aromatic carbocycles. The summed E-state index contributed by atoms with van der Waals surface area (Å²) < 4.78 is 6.28. The third kappa shape index (κ3) is 3.23. The molecule has 0 radical (unpaired) electrons. The third-order valence-electron chi connectivity index (χ3n) is 2.97. The zero-order valence-electron chi connectivity index (χ0n) is 10.4. The topological polar surface area (TPSA) is 32.8 Å². The Morgan fingerprint density at radius 3 is 2.72 bits per heavy atom. The number of urea groups is 1. The largest absolute Gasteiger partial charge is 0.378 e. The molecule has 98 valence electrons. The number of ether oxygens (including phenoxy) is 1. The Balaban J connectivity index is 1.96. The molecule has 0 atom stereocenters. The number of hydrogen-bond donors (Lipinski definition) is 0. The van der Waals surface area contributed by atoms with Crippen LogP contribution in [0.4, 0.5) is 4.79 Å². The molecule has 0 unspecified atom stereocenters. The number of carbonyl (C=O) groups is 1. The lowest BCUT2D eigenvalue weighted by molar-refractivity contribution is 0.0448. The van der Waals surface area contributed by atoms with Gasteiger partial charge in [-0.1, -0.05) is 34.1 Å². The standard InChI is InChI=1S/C13H17BrN2O2/c1-15(10-11-4-2-3-5-12(11)14)13(17)16-6-8-18-9-7-16/h2-5H,6-10H2,1H3. The molecule has 1 aliphatic rings. The molecule has 2 amide bonds. The monoisotopic (exact) mass is 312 g/mol. The second-order valence-electron chi connectivity index (χ2n) is 4.33. The van der Waals surface area contributed by atoms with Gasteiger partial charge in [0.2, 0.25) is 0 Å². The Morgan fingerprint density at radius 1 is 1.39 bits per heavy atom. The molecule has 0 aromatic heterocycles. The molecule has 2 rings (SSSR count).